The van der Waals surface area contributed by atoms with Crippen molar-refractivity contribution in [2.45, 2.75) is 26.3 Å². The maximum atomic E-state index is 11.4. The lowest BCUT2D eigenvalue weighted by Crippen LogP contribution is -2.23. The van der Waals surface area contributed by atoms with E-state index in [2.05, 4.69) is 6.92 Å². The number of benzene rings is 1. The average Bonchev–Trinajstić information content (AvgIpc) is 2.28. The van der Waals surface area contributed by atoms with Gasteiger partial charge in [-0.1, -0.05) is 31.2 Å². The first-order valence-electron chi connectivity index (χ1n) is 5.20. The van der Waals surface area contributed by atoms with Gasteiger partial charge in [-0.05, 0) is 24.5 Å². The Morgan fingerprint density at radius 3 is 2.40 bits per heavy atom. The molecule has 0 amide bonds. The molecule has 0 unspecified atom stereocenters. The van der Waals surface area contributed by atoms with Gasteiger partial charge >= 0.3 is 5.97 Å². The smallest absolute Gasteiger partial charge is 0.327 e. The fraction of sp³-hybridized carbons (Fsp3) is 0.417. The lowest BCUT2D eigenvalue weighted by Gasteiger charge is -2.11. The maximum absolute atomic E-state index is 11.4. The summed E-state index contributed by atoms with van der Waals surface area (Å²) in [5.74, 6) is -0.373. The number of rotatable bonds is 4. The quantitative estimate of drug-likeness (QED) is 0.766. The predicted molar refractivity (Wildman–Crippen MR) is 59.4 cm³/mol. The molecule has 1 atom stereocenters. The minimum atomic E-state index is -0.671. The summed E-state index contributed by atoms with van der Waals surface area (Å²) < 4.78 is 4.85. The molecule has 1 rings (SSSR count). The molecule has 15 heavy (non-hydrogen) atoms. The van der Waals surface area contributed by atoms with Crippen LogP contribution in [-0.2, 0) is 16.0 Å². The SMILES string of the molecule is CCOC(=O)[C@H](N)c1ccc(CC)cc1. The lowest BCUT2D eigenvalue weighted by molar-refractivity contribution is -0.144. The van der Waals surface area contributed by atoms with Crippen LogP contribution in [0.5, 0.6) is 0 Å². The number of esters is 1. The minimum Gasteiger partial charge on any atom is -0.465 e. The molecule has 0 spiro atoms. The van der Waals surface area contributed by atoms with Crippen molar-refractivity contribution in [3.05, 3.63) is 35.4 Å². The van der Waals surface area contributed by atoms with Crippen LogP contribution < -0.4 is 5.73 Å². The lowest BCUT2D eigenvalue weighted by atomic mass is 10.0. The molecule has 3 nitrogen and oxygen atoms in total. The van der Waals surface area contributed by atoms with E-state index < -0.39 is 6.04 Å². The molecule has 0 aliphatic rings. The zero-order chi connectivity index (χ0) is 11.3. The zero-order valence-electron chi connectivity index (χ0n) is 9.19. The second-order valence-corrected chi connectivity index (χ2v) is 3.32. The van der Waals surface area contributed by atoms with Crippen LogP contribution in [0.4, 0.5) is 0 Å². The molecule has 0 bridgehead atoms. The number of hydrogen-bond acceptors (Lipinski definition) is 3. The van der Waals surface area contributed by atoms with Gasteiger partial charge in [0.25, 0.3) is 0 Å². The Bertz CT molecular complexity index is 319. The molecule has 2 N–H and O–H groups in total. The van der Waals surface area contributed by atoms with Gasteiger partial charge in [0.2, 0.25) is 0 Å². The van der Waals surface area contributed by atoms with Crippen LogP contribution in [0.1, 0.15) is 31.0 Å². The van der Waals surface area contributed by atoms with Gasteiger partial charge < -0.3 is 10.5 Å². The van der Waals surface area contributed by atoms with Crippen LogP contribution in [0, 0.1) is 0 Å². The summed E-state index contributed by atoms with van der Waals surface area (Å²) in [4.78, 5) is 11.4. The monoisotopic (exact) mass is 207 g/mol. The largest absolute Gasteiger partial charge is 0.465 e. The zero-order valence-corrected chi connectivity index (χ0v) is 9.19. The van der Waals surface area contributed by atoms with Crippen molar-refractivity contribution in [2.24, 2.45) is 5.73 Å². The predicted octanol–water partition coefficient (Wildman–Crippen LogP) is 1.81. The summed E-state index contributed by atoms with van der Waals surface area (Å²) in [6.45, 7) is 4.21. The molecular weight excluding hydrogens is 190 g/mol. The highest BCUT2D eigenvalue weighted by Gasteiger charge is 2.16. The summed E-state index contributed by atoms with van der Waals surface area (Å²) in [5, 5.41) is 0. The molecule has 0 saturated carbocycles. The van der Waals surface area contributed by atoms with Crippen molar-refractivity contribution in [1.82, 2.24) is 0 Å². The normalized spacial score (nSPS) is 12.2. The van der Waals surface area contributed by atoms with E-state index in [1.54, 1.807) is 6.92 Å². The van der Waals surface area contributed by atoms with Gasteiger partial charge in [0, 0.05) is 0 Å². The fourth-order valence-electron chi connectivity index (χ4n) is 1.33. The van der Waals surface area contributed by atoms with Crippen LogP contribution >= 0.6 is 0 Å². The first kappa shape index (κ1) is 11.7. The van der Waals surface area contributed by atoms with Crippen LogP contribution in [0.15, 0.2) is 24.3 Å². The molecule has 0 saturated heterocycles. The first-order chi connectivity index (χ1) is 7.19. The van der Waals surface area contributed by atoms with E-state index in [9.17, 15) is 4.79 Å². The summed E-state index contributed by atoms with van der Waals surface area (Å²) in [6, 6.07) is 7.04. The van der Waals surface area contributed by atoms with Gasteiger partial charge in [0.05, 0.1) is 6.61 Å². The first-order valence-corrected chi connectivity index (χ1v) is 5.20. The molecule has 0 radical (unpaired) electrons. The van der Waals surface area contributed by atoms with Crippen molar-refractivity contribution < 1.29 is 9.53 Å². The van der Waals surface area contributed by atoms with Crippen molar-refractivity contribution in [3.63, 3.8) is 0 Å². The minimum absolute atomic E-state index is 0.361. The molecule has 82 valence electrons. The number of nitrogens with two attached hydrogens (primary N) is 1. The number of carbonyl (C=O) groups excluding carboxylic acids is 1. The molecule has 1 aromatic rings. The van der Waals surface area contributed by atoms with E-state index in [0.717, 1.165) is 12.0 Å². The Labute approximate surface area is 90.2 Å². The highest BCUT2D eigenvalue weighted by atomic mass is 16.5. The number of hydrogen-bond donors (Lipinski definition) is 1. The highest BCUT2D eigenvalue weighted by Crippen LogP contribution is 2.13. The molecule has 0 heterocycles. The number of carbonyl (C=O) groups is 1. The average molecular weight is 207 g/mol. The maximum Gasteiger partial charge on any atom is 0.327 e. The molecule has 0 fully saturated rings. The van der Waals surface area contributed by atoms with Gasteiger partial charge in [-0.25, -0.2) is 4.79 Å². The molecule has 0 aromatic heterocycles. The van der Waals surface area contributed by atoms with E-state index >= 15 is 0 Å². The Kier molecular flexibility index (Phi) is 4.31. The standard InChI is InChI=1S/C12H17NO2/c1-3-9-5-7-10(8-6-9)11(13)12(14)15-4-2/h5-8,11H,3-4,13H2,1-2H3/t11-/m1/s1. The second-order valence-electron chi connectivity index (χ2n) is 3.32. The summed E-state index contributed by atoms with van der Waals surface area (Å²) in [5.41, 5.74) is 7.77. The Balaban J connectivity index is 2.73. The van der Waals surface area contributed by atoms with Crippen molar-refractivity contribution >= 4 is 5.97 Å². The molecule has 3 heteroatoms. The third kappa shape index (κ3) is 3.06. The van der Waals surface area contributed by atoms with E-state index in [0.29, 0.717) is 6.61 Å². The van der Waals surface area contributed by atoms with E-state index in [4.69, 9.17) is 10.5 Å². The van der Waals surface area contributed by atoms with E-state index in [-0.39, 0.29) is 5.97 Å². The van der Waals surface area contributed by atoms with Gasteiger partial charge in [-0.15, -0.1) is 0 Å². The van der Waals surface area contributed by atoms with Gasteiger partial charge in [0.1, 0.15) is 6.04 Å². The van der Waals surface area contributed by atoms with Gasteiger partial charge in [-0.2, -0.15) is 0 Å². The van der Waals surface area contributed by atoms with E-state index in [1.807, 2.05) is 24.3 Å². The molecule has 0 aliphatic heterocycles. The van der Waals surface area contributed by atoms with Crippen molar-refractivity contribution in [1.29, 1.82) is 0 Å². The fourth-order valence-corrected chi connectivity index (χ4v) is 1.33. The van der Waals surface area contributed by atoms with Crippen LogP contribution in [0.3, 0.4) is 0 Å². The molecular formula is C12H17NO2. The van der Waals surface area contributed by atoms with Crippen LogP contribution in [0.25, 0.3) is 0 Å². The highest BCUT2D eigenvalue weighted by molar-refractivity contribution is 5.77. The van der Waals surface area contributed by atoms with E-state index in [1.165, 1.54) is 5.56 Å². The van der Waals surface area contributed by atoms with Crippen LogP contribution in [-0.4, -0.2) is 12.6 Å². The summed E-state index contributed by atoms with van der Waals surface area (Å²) in [7, 11) is 0. The molecule has 1 aromatic carbocycles. The van der Waals surface area contributed by atoms with Gasteiger partial charge in [-0.3, -0.25) is 0 Å². The second kappa shape index (κ2) is 5.51. The number of ether oxygens (including phenoxy) is 1. The topological polar surface area (TPSA) is 52.3 Å². The summed E-state index contributed by atoms with van der Waals surface area (Å²) >= 11 is 0. The van der Waals surface area contributed by atoms with Crippen molar-refractivity contribution in [3.8, 4) is 0 Å². The summed E-state index contributed by atoms with van der Waals surface area (Å²) in [6.07, 6.45) is 0.981. The number of aryl methyl sites for hydroxylation is 1. The molecule has 0 aliphatic carbocycles. The Hall–Kier alpha value is -1.35. The third-order valence-corrected chi connectivity index (χ3v) is 2.29. The Morgan fingerprint density at radius 1 is 1.33 bits per heavy atom. The third-order valence-electron chi connectivity index (χ3n) is 2.29. The van der Waals surface area contributed by atoms with Crippen molar-refractivity contribution in [2.75, 3.05) is 6.61 Å². The Morgan fingerprint density at radius 2 is 1.93 bits per heavy atom. The van der Waals surface area contributed by atoms with Gasteiger partial charge in [0.15, 0.2) is 0 Å². The van der Waals surface area contributed by atoms with Crippen LogP contribution in [0.2, 0.25) is 0 Å².